The highest BCUT2D eigenvalue weighted by atomic mass is 16.1. The smallest absolute Gasteiger partial charge is 0.237 e. The second kappa shape index (κ2) is 4.94. The first-order chi connectivity index (χ1) is 6.98. The Morgan fingerprint density at radius 1 is 1.60 bits per heavy atom. The van der Waals surface area contributed by atoms with E-state index in [2.05, 4.69) is 17.3 Å². The third-order valence-corrected chi connectivity index (χ3v) is 3.36. The average molecular weight is 213 g/mol. The van der Waals surface area contributed by atoms with E-state index in [9.17, 15) is 4.79 Å². The average Bonchev–Trinajstić information content (AvgIpc) is 2.97. The predicted molar refractivity (Wildman–Crippen MR) is 61.5 cm³/mol. The molecule has 0 aromatic rings. The molecule has 0 aromatic carbocycles. The number of primary amides is 1. The molecule has 3 N–H and O–H groups in total. The number of nitrogens with zero attached hydrogens (tertiary/aromatic N) is 1. The van der Waals surface area contributed by atoms with Crippen molar-refractivity contribution in [3.05, 3.63) is 0 Å². The monoisotopic (exact) mass is 213 g/mol. The van der Waals surface area contributed by atoms with Gasteiger partial charge in [-0.2, -0.15) is 0 Å². The fourth-order valence-electron chi connectivity index (χ4n) is 1.62. The SMILES string of the molecule is CNC(C)(CCN(C)CC1CC1)C(N)=O. The highest BCUT2D eigenvalue weighted by molar-refractivity contribution is 5.84. The summed E-state index contributed by atoms with van der Waals surface area (Å²) in [7, 11) is 3.89. The molecule has 15 heavy (non-hydrogen) atoms. The van der Waals surface area contributed by atoms with Gasteiger partial charge in [-0.1, -0.05) is 0 Å². The molecule has 0 radical (unpaired) electrons. The van der Waals surface area contributed by atoms with Crippen LogP contribution in [0, 0.1) is 5.92 Å². The van der Waals surface area contributed by atoms with Gasteiger partial charge in [0.15, 0.2) is 0 Å². The van der Waals surface area contributed by atoms with Crippen LogP contribution < -0.4 is 11.1 Å². The summed E-state index contributed by atoms with van der Waals surface area (Å²) in [5.74, 6) is 0.620. The Hall–Kier alpha value is -0.610. The van der Waals surface area contributed by atoms with E-state index in [4.69, 9.17) is 5.73 Å². The summed E-state index contributed by atoms with van der Waals surface area (Å²) < 4.78 is 0. The zero-order valence-electron chi connectivity index (χ0n) is 10.0. The van der Waals surface area contributed by atoms with Crippen LogP contribution >= 0.6 is 0 Å². The minimum Gasteiger partial charge on any atom is -0.368 e. The first kappa shape index (κ1) is 12.5. The summed E-state index contributed by atoms with van der Waals surface area (Å²) in [6.45, 7) is 3.93. The molecule has 0 bridgehead atoms. The van der Waals surface area contributed by atoms with Crippen molar-refractivity contribution in [1.82, 2.24) is 10.2 Å². The van der Waals surface area contributed by atoms with Gasteiger partial charge in [-0.3, -0.25) is 4.79 Å². The molecule has 4 heteroatoms. The van der Waals surface area contributed by atoms with Crippen LogP contribution in [0.15, 0.2) is 0 Å². The molecule has 1 atom stereocenters. The third kappa shape index (κ3) is 3.80. The zero-order valence-corrected chi connectivity index (χ0v) is 10.0. The molecule has 1 rings (SSSR count). The molecule has 1 aliphatic carbocycles. The molecule has 0 aromatic heterocycles. The van der Waals surface area contributed by atoms with Crippen molar-refractivity contribution in [3.8, 4) is 0 Å². The molecule has 0 spiro atoms. The van der Waals surface area contributed by atoms with Gasteiger partial charge < -0.3 is 16.0 Å². The summed E-state index contributed by atoms with van der Waals surface area (Å²) in [4.78, 5) is 13.5. The van der Waals surface area contributed by atoms with E-state index in [1.807, 2.05) is 6.92 Å². The quantitative estimate of drug-likeness (QED) is 0.634. The lowest BCUT2D eigenvalue weighted by molar-refractivity contribution is -0.124. The fourth-order valence-corrected chi connectivity index (χ4v) is 1.62. The van der Waals surface area contributed by atoms with Crippen molar-refractivity contribution in [1.29, 1.82) is 0 Å². The van der Waals surface area contributed by atoms with Crippen LogP contribution in [0.3, 0.4) is 0 Å². The predicted octanol–water partition coefficient (Wildman–Crippen LogP) is 0.182. The van der Waals surface area contributed by atoms with Crippen LogP contribution in [-0.4, -0.2) is 43.5 Å². The molecule has 0 heterocycles. The number of nitrogens with one attached hydrogen (secondary N) is 1. The highest BCUT2D eigenvalue weighted by Crippen LogP contribution is 2.29. The topological polar surface area (TPSA) is 58.4 Å². The maximum atomic E-state index is 11.2. The number of hydrogen-bond acceptors (Lipinski definition) is 3. The molecule has 1 aliphatic rings. The molecule has 1 fully saturated rings. The van der Waals surface area contributed by atoms with Crippen LogP contribution in [0.5, 0.6) is 0 Å². The zero-order chi connectivity index (χ0) is 11.5. The second-order valence-electron chi connectivity index (χ2n) is 4.90. The van der Waals surface area contributed by atoms with Gasteiger partial charge in [-0.25, -0.2) is 0 Å². The standard InChI is InChI=1S/C11H23N3O/c1-11(13-2,10(12)15)6-7-14(3)8-9-4-5-9/h9,13H,4-8H2,1-3H3,(H2,12,15). The van der Waals surface area contributed by atoms with Crippen molar-refractivity contribution >= 4 is 5.91 Å². The van der Waals surface area contributed by atoms with E-state index < -0.39 is 5.54 Å². The Bertz CT molecular complexity index is 228. The number of carbonyl (C=O) groups excluding carboxylic acids is 1. The van der Waals surface area contributed by atoms with Crippen LogP contribution in [0.1, 0.15) is 26.2 Å². The fraction of sp³-hybridized carbons (Fsp3) is 0.909. The molecule has 0 saturated heterocycles. The minimum atomic E-state index is -0.572. The van der Waals surface area contributed by atoms with Gasteiger partial charge in [-0.05, 0) is 46.2 Å². The molecule has 88 valence electrons. The Morgan fingerprint density at radius 3 is 2.60 bits per heavy atom. The Labute approximate surface area is 92.2 Å². The number of nitrogens with two attached hydrogens (primary N) is 1. The van der Waals surface area contributed by atoms with Gasteiger partial charge in [-0.15, -0.1) is 0 Å². The highest BCUT2D eigenvalue weighted by Gasteiger charge is 2.29. The van der Waals surface area contributed by atoms with Crippen LogP contribution in [-0.2, 0) is 4.79 Å². The number of likely N-dealkylation sites (N-methyl/N-ethyl adjacent to an activating group) is 1. The van der Waals surface area contributed by atoms with E-state index in [-0.39, 0.29) is 5.91 Å². The molecular formula is C11H23N3O. The Morgan fingerprint density at radius 2 is 2.20 bits per heavy atom. The summed E-state index contributed by atoms with van der Waals surface area (Å²) in [5.41, 5.74) is 4.79. The van der Waals surface area contributed by atoms with Gasteiger partial charge in [0, 0.05) is 13.1 Å². The molecule has 4 nitrogen and oxygen atoms in total. The lowest BCUT2D eigenvalue weighted by Crippen LogP contribution is -2.53. The molecule has 1 amide bonds. The summed E-state index contributed by atoms with van der Waals surface area (Å²) >= 11 is 0. The number of hydrogen-bond donors (Lipinski definition) is 2. The minimum absolute atomic E-state index is 0.273. The number of amides is 1. The first-order valence-electron chi connectivity index (χ1n) is 5.65. The van der Waals surface area contributed by atoms with E-state index >= 15 is 0 Å². The maximum absolute atomic E-state index is 11.2. The van der Waals surface area contributed by atoms with E-state index in [0.29, 0.717) is 0 Å². The summed E-state index contributed by atoms with van der Waals surface area (Å²) in [6, 6.07) is 0. The first-order valence-corrected chi connectivity index (χ1v) is 5.65. The van der Waals surface area contributed by atoms with Crippen molar-refractivity contribution < 1.29 is 4.79 Å². The van der Waals surface area contributed by atoms with Crippen molar-refractivity contribution in [3.63, 3.8) is 0 Å². The number of rotatable bonds is 7. The lowest BCUT2D eigenvalue weighted by atomic mass is 9.97. The van der Waals surface area contributed by atoms with Crippen molar-refractivity contribution in [2.24, 2.45) is 11.7 Å². The molecule has 1 saturated carbocycles. The van der Waals surface area contributed by atoms with Crippen LogP contribution in [0.2, 0.25) is 0 Å². The summed E-state index contributed by atoms with van der Waals surface area (Å²) in [6.07, 6.45) is 3.50. The molecule has 1 unspecified atom stereocenters. The second-order valence-corrected chi connectivity index (χ2v) is 4.90. The molecular weight excluding hydrogens is 190 g/mol. The van der Waals surface area contributed by atoms with Crippen molar-refractivity contribution in [2.45, 2.75) is 31.7 Å². The van der Waals surface area contributed by atoms with E-state index in [1.165, 1.54) is 12.8 Å². The summed E-state index contributed by atoms with van der Waals surface area (Å²) in [5, 5.41) is 3.00. The maximum Gasteiger partial charge on any atom is 0.237 e. The number of carbonyl (C=O) groups is 1. The Balaban J connectivity index is 2.28. The van der Waals surface area contributed by atoms with Gasteiger partial charge in [0.25, 0.3) is 0 Å². The Kier molecular flexibility index (Phi) is 4.11. The van der Waals surface area contributed by atoms with Gasteiger partial charge in [0.2, 0.25) is 5.91 Å². The van der Waals surface area contributed by atoms with E-state index in [0.717, 1.165) is 25.4 Å². The van der Waals surface area contributed by atoms with Crippen LogP contribution in [0.4, 0.5) is 0 Å². The third-order valence-electron chi connectivity index (χ3n) is 3.36. The van der Waals surface area contributed by atoms with Crippen molar-refractivity contribution in [2.75, 3.05) is 27.2 Å². The normalized spacial score (nSPS) is 20.3. The van der Waals surface area contributed by atoms with Gasteiger partial charge in [0.05, 0.1) is 5.54 Å². The largest absolute Gasteiger partial charge is 0.368 e. The van der Waals surface area contributed by atoms with E-state index in [1.54, 1.807) is 7.05 Å². The van der Waals surface area contributed by atoms with Gasteiger partial charge in [0.1, 0.15) is 0 Å². The van der Waals surface area contributed by atoms with Crippen LogP contribution in [0.25, 0.3) is 0 Å². The lowest BCUT2D eigenvalue weighted by Gasteiger charge is -2.28. The molecule has 0 aliphatic heterocycles. The van der Waals surface area contributed by atoms with Gasteiger partial charge >= 0.3 is 0 Å².